The highest BCUT2D eigenvalue weighted by atomic mass is 32.2. The number of aromatic nitrogens is 1. The van der Waals surface area contributed by atoms with Crippen molar-refractivity contribution in [3.63, 3.8) is 0 Å². The van der Waals surface area contributed by atoms with Gasteiger partial charge in [-0.2, -0.15) is 0 Å². The Kier molecular flexibility index (Phi) is 2.37. The maximum Gasteiger partial charge on any atom is 0.375 e. The van der Waals surface area contributed by atoms with Gasteiger partial charge in [0.05, 0.1) is 11.9 Å². The van der Waals surface area contributed by atoms with Crippen LogP contribution in [0.15, 0.2) is 10.7 Å². The molecule has 0 aliphatic heterocycles. The molecule has 0 saturated carbocycles. The summed E-state index contributed by atoms with van der Waals surface area (Å²) < 4.78 is 26.0. The van der Waals surface area contributed by atoms with E-state index in [1.807, 2.05) is 0 Å². The molecule has 0 saturated heterocycles. The van der Waals surface area contributed by atoms with Crippen molar-refractivity contribution in [2.24, 2.45) is 0 Å². The monoisotopic (exact) mass is 205 g/mol. The van der Waals surface area contributed by atoms with E-state index < -0.39 is 21.6 Å². The van der Waals surface area contributed by atoms with Crippen LogP contribution in [-0.2, 0) is 15.6 Å². The number of carboxylic acids is 1. The highest BCUT2D eigenvalue weighted by Crippen LogP contribution is 2.10. The highest BCUT2D eigenvalue weighted by Gasteiger charge is 2.18. The van der Waals surface area contributed by atoms with Crippen LogP contribution in [0, 0.1) is 0 Å². The van der Waals surface area contributed by atoms with Gasteiger partial charge < -0.3 is 9.63 Å². The van der Waals surface area contributed by atoms with Crippen molar-refractivity contribution in [3.05, 3.63) is 17.5 Å². The van der Waals surface area contributed by atoms with Gasteiger partial charge >= 0.3 is 5.97 Å². The van der Waals surface area contributed by atoms with Crippen LogP contribution in [0.2, 0.25) is 0 Å². The van der Waals surface area contributed by atoms with Crippen LogP contribution in [0.1, 0.15) is 16.1 Å². The van der Waals surface area contributed by atoms with E-state index in [1.54, 1.807) is 0 Å². The summed E-state index contributed by atoms with van der Waals surface area (Å²) in [6, 6.07) is 0. The molecule has 0 aromatic carbocycles. The van der Waals surface area contributed by atoms with Gasteiger partial charge in [0.2, 0.25) is 5.76 Å². The average Bonchev–Trinajstić information content (AvgIpc) is 2.31. The van der Waals surface area contributed by atoms with Gasteiger partial charge in [-0.05, 0) is 0 Å². The first-order chi connectivity index (χ1) is 5.90. The predicted octanol–water partition coefficient (Wildman–Crippen LogP) is -0.0826. The standard InChI is InChI=1S/C6H7NO5S/c1-13(10,11)3-4-2-7-12-5(4)6(8)9/h2H,3H2,1H3,(H,8,9). The molecule has 1 heterocycles. The SMILES string of the molecule is CS(=O)(=O)Cc1cnoc1C(=O)O. The fraction of sp³-hybridized carbons (Fsp3) is 0.333. The summed E-state index contributed by atoms with van der Waals surface area (Å²) in [5.41, 5.74) is 0.0648. The van der Waals surface area contributed by atoms with Gasteiger partial charge in [-0.3, -0.25) is 0 Å². The fourth-order valence-corrected chi connectivity index (χ4v) is 1.59. The van der Waals surface area contributed by atoms with E-state index in [9.17, 15) is 13.2 Å². The molecular weight excluding hydrogens is 198 g/mol. The molecule has 72 valence electrons. The summed E-state index contributed by atoms with van der Waals surface area (Å²) in [7, 11) is -3.27. The molecule has 0 fully saturated rings. The first-order valence-electron chi connectivity index (χ1n) is 3.25. The molecule has 13 heavy (non-hydrogen) atoms. The topological polar surface area (TPSA) is 97.5 Å². The molecule has 1 aromatic heterocycles. The van der Waals surface area contributed by atoms with Crippen LogP contribution in [-0.4, -0.2) is 30.9 Å². The van der Waals surface area contributed by atoms with Crippen LogP contribution >= 0.6 is 0 Å². The third-order valence-electron chi connectivity index (χ3n) is 1.26. The van der Waals surface area contributed by atoms with Crippen LogP contribution in [0.5, 0.6) is 0 Å². The molecule has 0 aliphatic rings. The maximum atomic E-state index is 10.8. The van der Waals surface area contributed by atoms with E-state index in [2.05, 4.69) is 9.68 Å². The molecule has 1 N–H and O–H groups in total. The molecule has 0 atom stereocenters. The van der Waals surface area contributed by atoms with Crippen LogP contribution in [0.4, 0.5) is 0 Å². The number of aromatic carboxylic acids is 1. The lowest BCUT2D eigenvalue weighted by molar-refractivity contribution is 0.0651. The molecule has 0 radical (unpaired) electrons. The molecule has 7 heteroatoms. The Hall–Kier alpha value is -1.37. The van der Waals surface area contributed by atoms with E-state index in [4.69, 9.17) is 5.11 Å². The number of hydrogen-bond donors (Lipinski definition) is 1. The van der Waals surface area contributed by atoms with Gasteiger partial charge in [0.15, 0.2) is 9.84 Å². The summed E-state index contributed by atoms with van der Waals surface area (Å²) >= 11 is 0. The van der Waals surface area contributed by atoms with E-state index in [0.29, 0.717) is 0 Å². The molecule has 1 rings (SSSR count). The zero-order chi connectivity index (χ0) is 10.1. The molecule has 0 spiro atoms. The number of carbonyl (C=O) groups is 1. The largest absolute Gasteiger partial charge is 0.475 e. The van der Waals surface area contributed by atoms with Crippen molar-refractivity contribution in [3.8, 4) is 0 Å². The third-order valence-corrected chi connectivity index (χ3v) is 2.09. The van der Waals surface area contributed by atoms with Gasteiger partial charge in [-0.25, -0.2) is 13.2 Å². The number of sulfone groups is 1. The van der Waals surface area contributed by atoms with E-state index in [-0.39, 0.29) is 11.3 Å². The first-order valence-corrected chi connectivity index (χ1v) is 5.31. The molecule has 0 amide bonds. The minimum Gasteiger partial charge on any atom is -0.475 e. The summed E-state index contributed by atoms with van der Waals surface area (Å²) in [6.45, 7) is 0. The Morgan fingerprint density at radius 1 is 1.69 bits per heavy atom. The summed E-state index contributed by atoms with van der Waals surface area (Å²) in [5, 5.41) is 11.7. The van der Waals surface area contributed by atoms with Gasteiger partial charge in [0, 0.05) is 11.8 Å². The Morgan fingerprint density at radius 3 is 2.77 bits per heavy atom. The Labute approximate surface area is 74.1 Å². The second-order valence-corrected chi connectivity index (χ2v) is 4.70. The van der Waals surface area contributed by atoms with Crippen LogP contribution in [0.3, 0.4) is 0 Å². The molecule has 0 bridgehead atoms. The average molecular weight is 205 g/mol. The van der Waals surface area contributed by atoms with E-state index in [1.165, 1.54) is 0 Å². The van der Waals surface area contributed by atoms with Crippen molar-refractivity contribution in [1.82, 2.24) is 5.16 Å². The van der Waals surface area contributed by atoms with Crippen LogP contribution < -0.4 is 0 Å². The zero-order valence-corrected chi connectivity index (χ0v) is 7.54. The first kappa shape index (κ1) is 9.72. The smallest absolute Gasteiger partial charge is 0.375 e. The minimum atomic E-state index is -3.27. The maximum absolute atomic E-state index is 10.8. The van der Waals surface area contributed by atoms with Gasteiger partial charge in [0.1, 0.15) is 0 Å². The third kappa shape index (κ3) is 2.55. The lowest BCUT2D eigenvalue weighted by atomic mass is 10.3. The molecule has 1 aromatic rings. The molecule has 6 nitrogen and oxygen atoms in total. The predicted molar refractivity (Wildman–Crippen MR) is 42.0 cm³/mol. The second-order valence-electron chi connectivity index (χ2n) is 2.56. The van der Waals surface area contributed by atoms with E-state index in [0.717, 1.165) is 12.5 Å². The summed E-state index contributed by atoms with van der Waals surface area (Å²) in [5.74, 6) is -2.13. The number of nitrogens with zero attached hydrogens (tertiary/aromatic N) is 1. The molecule has 0 aliphatic carbocycles. The van der Waals surface area contributed by atoms with Gasteiger partial charge in [-0.1, -0.05) is 5.16 Å². The lowest BCUT2D eigenvalue weighted by Crippen LogP contribution is -2.05. The number of rotatable bonds is 3. The minimum absolute atomic E-state index is 0.0648. The Balaban J connectivity index is 3.02. The van der Waals surface area contributed by atoms with Crippen LogP contribution in [0.25, 0.3) is 0 Å². The lowest BCUT2D eigenvalue weighted by Gasteiger charge is -1.93. The van der Waals surface area contributed by atoms with Crippen molar-refractivity contribution < 1.29 is 22.8 Å². The zero-order valence-electron chi connectivity index (χ0n) is 6.72. The van der Waals surface area contributed by atoms with Crippen molar-refractivity contribution in [1.29, 1.82) is 0 Å². The normalized spacial score (nSPS) is 11.5. The number of hydrogen-bond acceptors (Lipinski definition) is 5. The van der Waals surface area contributed by atoms with E-state index >= 15 is 0 Å². The highest BCUT2D eigenvalue weighted by molar-refractivity contribution is 7.89. The van der Waals surface area contributed by atoms with Crippen molar-refractivity contribution >= 4 is 15.8 Å². The van der Waals surface area contributed by atoms with Gasteiger partial charge in [0.25, 0.3) is 0 Å². The molecular formula is C6H7NO5S. The molecule has 0 unspecified atom stereocenters. The van der Waals surface area contributed by atoms with Crippen molar-refractivity contribution in [2.75, 3.05) is 6.26 Å². The quantitative estimate of drug-likeness (QED) is 0.741. The second kappa shape index (κ2) is 3.17. The van der Waals surface area contributed by atoms with Gasteiger partial charge in [-0.15, -0.1) is 0 Å². The van der Waals surface area contributed by atoms with Crippen molar-refractivity contribution in [2.45, 2.75) is 5.75 Å². The Bertz CT molecular complexity index is 418. The fourth-order valence-electron chi connectivity index (χ4n) is 0.822. The number of carboxylic acid groups (broad SMARTS) is 1. The Morgan fingerprint density at radius 2 is 2.31 bits per heavy atom. The summed E-state index contributed by atoms with van der Waals surface area (Å²) in [4.78, 5) is 10.4. The summed E-state index contributed by atoms with van der Waals surface area (Å²) in [6.07, 6.45) is 2.09.